The van der Waals surface area contributed by atoms with Gasteiger partial charge < -0.3 is 19.7 Å². The Kier molecular flexibility index (Phi) is 8.10. The minimum absolute atomic E-state index is 0. The molecule has 2 aromatic carbocycles. The molecule has 6 heteroatoms. The molecule has 1 amide bonds. The third-order valence-corrected chi connectivity index (χ3v) is 4.63. The van der Waals surface area contributed by atoms with Gasteiger partial charge in [0.15, 0.2) is 0 Å². The van der Waals surface area contributed by atoms with Gasteiger partial charge in [0, 0.05) is 18.7 Å². The third-order valence-electron chi connectivity index (χ3n) is 4.63. The van der Waals surface area contributed by atoms with Gasteiger partial charge in [-0.2, -0.15) is 0 Å². The summed E-state index contributed by atoms with van der Waals surface area (Å²) in [6.45, 7) is 7.53. The van der Waals surface area contributed by atoms with Gasteiger partial charge in [-0.3, -0.25) is 4.79 Å². The van der Waals surface area contributed by atoms with Crippen molar-refractivity contribution in [1.82, 2.24) is 10.2 Å². The van der Waals surface area contributed by atoms with Gasteiger partial charge in [0.05, 0.1) is 0 Å². The predicted octanol–water partition coefficient (Wildman–Crippen LogP) is 3.39. The number of fused-ring (bicyclic) bond motifs is 1. The Hall–Kier alpha value is -2.08. The lowest BCUT2D eigenvalue weighted by Crippen LogP contribution is -2.45. The maximum atomic E-state index is 12.6. The van der Waals surface area contributed by atoms with Crippen LogP contribution in [0.25, 0.3) is 0 Å². The quantitative estimate of drug-likeness (QED) is 0.787. The van der Waals surface area contributed by atoms with Gasteiger partial charge in [-0.05, 0) is 24.7 Å². The number of carbonyl (C=O) groups is 1. The van der Waals surface area contributed by atoms with Gasteiger partial charge in [-0.25, -0.2) is 0 Å². The molecular weight excluding hydrogens is 364 g/mol. The highest BCUT2D eigenvalue weighted by atomic mass is 35.5. The summed E-state index contributed by atoms with van der Waals surface area (Å²) in [6, 6.07) is 17.6. The summed E-state index contributed by atoms with van der Waals surface area (Å²) in [6.07, 6.45) is -1.27. The topological polar surface area (TPSA) is 50.8 Å². The number of hydrogen-bond acceptors (Lipinski definition) is 4. The summed E-state index contributed by atoms with van der Waals surface area (Å²) in [5.74, 6) is 0.448. The second-order valence-corrected chi connectivity index (χ2v) is 6.23. The van der Waals surface area contributed by atoms with Crippen molar-refractivity contribution < 1.29 is 14.3 Å². The number of carbonyl (C=O) groups excluding carboxylic acids is 1. The SMILES string of the molecule is CCN(CC)CCNC(=O)[C@H]1Oc2ccccc2[C@@H](c2ccccc2)O1.Cl. The molecule has 2 aromatic rings. The fraction of sp³-hybridized carbons (Fsp3) is 0.381. The number of likely N-dealkylation sites (N-methyl/N-ethyl adjacent to an activating group) is 1. The number of rotatable bonds is 7. The van der Waals surface area contributed by atoms with Crippen LogP contribution in [-0.2, 0) is 9.53 Å². The van der Waals surface area contributed by atoms with Crippen LogP contribution in [0.15, 0.2) is 54.6 Å². The van der Waals surface area contributed by atoms with E-state index in [1.54, 1.807) is 0 Å². The summed E-state index contributed by atoms with van der Waals surface area (Å²) in [5, 5.41) is 2.92. The van der Waals surface area contributed by atoms with Gasteiger partial charge in [-0.15, -0.1) is 12.4 Å². The van der Waals surface area contributed by atoms with E-state index in [1.807, 2.05) is 54.6 Å². The average Bonchev–Trinajstić information content (AvgIpc) is 2.71. The molecule has 27 heavy (non-hydrogen) atoms. The van der Waals surface area contributed by atoms with E-state index in [2.05, 4.69) is 24.1 Å². The summed E-state index contributed by atoms with van der Waals surface area (Å²) in [7, 11) is 0. The molecule has 0 aliphatic carbocycles. The van der Waals surface area contributed by atoms with Crippen molar-refractivity contribution in [3.05, 3.63) is 65.7 Å². The fourth-order valence-electron chi connectivity index (χ4n) is 3.11. The van der Waals surface area contributed by atoms with Crippen LogP contribution in [-0.4, -0.2) is 43.3 Å². The van der Waals surface area contributed by atoms with Gasteiger partial charge in [0.2, 0.25) is 0 Å². The van der Waals surface area contributed by atoms with Crippen LogP contribution in [0.1, 0.15) is 31.1 Å². The minimum Gasteiger partial charge on any atom is -0.455 e. The lowest BCUT2D eigenvalue weighted by atomic mass is 9.99. The first-order chi connectivity index (χ1) is 12.7. The van der Waals surface area contributed by atoms with Crippen LogP contribution in [0.2, 0.25) is 0 Å². The van der Waals surface area contributed by atoms with Crippen LogP contribution in [0, 0.1) is 0 Å². The lowest BCUT2D eigenvalue weighted by Gasteiger charge is -2.32. The zero-order valence-electron chi connectivity index (χ0n) is 15.8. The van der Waals surface area contributed by atoms with Crippen LogP contribution in [0.3, 0.4) is 0 Å². The number of benzene rings is 2. The van der Waals surface area contributed by atoms with E-state index in [0.29, 0.717) is 12.3 Å². The molecule has 0 saturated carbocycles. The average molecular weight is 391 g/mol. The normalized spacial score (nSPS) is 18.2. The zero-order valence-corrected chi connectivity index (χ0v) is 16.6. The number of halogens is 1. The molecule has 1 N–H and O–H groups in total. The number of ether oxygens (including phenoxy) is 2. The van der Waals surface area contributed by atoms with Crippen molar-refractivity contribution in [2.24, 2.45) is 0 Å². The number of nitrogens with one attached hydrogen (secondary N) is 1. The summed E-state index contributed by atoms with van der Waals surface area (Å²) in [5.41, 5.74) is 1.94. The van der Waals surface area contributed by atoms with Crippen LogP contribution >= 0.6 is 12.4 Å². The Labute approximate surface area is 167 Å². The van der Waals surface area contributed by atoms with E-state index in [4.69, 9.17) is 9.47 Å². The first-order valence-corrected chi connectivity index (χ1v) is 9.19. The minimum atomic E-state index is -0.952. The smallest absolute Gasteiger partial charge is 0.289 e. The number of para-hydroxylation sites is 1. The summed E-state index contributed by atoms with van der Waals surface area (Å²) < 4.78 is 11.8. The second-order valence-electron chi connectivity index (χ2n) is 6.23. The standard InChI is InChI=1S/C21H26N2O3.ClH/c1-3-23(4-2)15-14-22-20(24)21-25-18-13-9-8-12-17(18)19(26-21)16-10-6-5-7-11-16;/h5-13,19,21H,3-4,14-15H2,1-2H3,(H,22,24);1H/t19-,21+;/m1./s1. The Morgan fingerprint density at radius 1 is 1.04 bits per heavy atom. The lowest BCUT2D eigenvalue weighted by molar-refractivity contribution is -0.166. The van der Waals surface area contributed by atoms with Gasteiger partial charge in [0.1, 0.15) is 11.9 Å². The van der Waals surface area contributed by atoms with E-state index < -0.39 is 6.29 Å². The van der Waals surface area contributed by atoms with Crippen molar-refractivity contribution in [3.63, 3.8) is 0 Å². The molecule has 1 heterocycles. The second kappa shape index (κ2) is 10.3. The van der Waals surface area contributed by atoms with E-state index in [0.717, 1.165) is 30.8 Å². The van der Waals surface area contributed by atoms with E-state index in [1.165, 1.54) is 0 Å². The monoisotopic (exact) mass is 390 g/mol. The molecule has 3 rings (SSSR count). The summed E-state index contributed by atoms with van der Waals surface area (Å²) >= 11 is 0. The largest absolute Gasteiger partial charge is 0.455 e. The van der Waals surface area contributed by atoms with Crippen molar-refractivity contribution in [2.75, 3.05) is 26.2 Å². The van der Waals surface area contributed by atoms with E-state index >= 15 is 0 Å². The van der Waals surface area contributed by atoms with E-state index in [-0.39, 0.29) is 24.4 Å². The predicted molar refractivity (Wildman–Crippen MR) is 108 cm³/mol. The van der Waals surface area contributed by atoms with Crippen molar-refractivity contribution >= 4 is 18.3 Å². The summed E-state index contributed by atoms with van der Waals surface area (Å²) in [4.78, 5) is 14.8. The highest BCUT2D eigenvalue weighted by Gasteiger charge is 2.33. The molecular formula is C21H27ClN2O3. The molecule has 0 spiro atoms. The van der Waals surface area contributed by atoms with Gasteiger partial charge >= 0.3 is 0 Å². The molecule has 146 valence electrons. The highest BCUT2D eigenvalue weighted by molar-refractivity contribution is 5.85. The maximum absolute atomic E-state index is 12.6. The Morgan fingerprint density at radius 3 is 2.41 bits per heavy atom. The molecule has 0 saturated heterocycles. The van der Waals surface area contributed by atoms with Crippen LogP contribution in [0.5, 0.6) is 5.75 Å². The molecule has 1 aliphatic rings. The molecule has 0 unspecified atom stereocenters. The van der Waals surface area contributed by atoms with Crippen LogP contribution in [0.4, 0.5) is 0 Å². The number of hydrogen-bond donors (Lipinski definition) is 1. The zero-order chi connectivity index (χ0) is 18.4. The fourth-order valence-corrected chi connectivity index (χ4v) is 3.11. The Morgan fingerprint density at radius 2 is 1.70 bits per heavy atom. The first-order valence-electron chi connectivity index (χ1n) is 9.19. The number of amides is 1. The Balaban J connectivity index is 0.00000261. The first kappa shape index (κ1) is 21.2. The van der Waals surface area contributed by atoms with Crippen LogP contribution < -0.4 is 10.1 Å². The van der Waals surface area contributed by atoms with Gasteiger partial charge in [0.25, 0.3) is 12.2 Å². The van der Waals surface area contributed by atoms with Crippen molar-refractivity contribution in [3.8, 4) is 5.75 Å². The van der Waals surface area contributed by atoms with E-state index in [9.17, 15) is 4.79 Å². The molecule has 1 aliphatic heterocycles. The molecule has 0 radical (unpaired) electrons. The number of nitrogens with zero attached hydrogens (tertiary/aromatic N) is 1. The van der Waals surface area contributed by atoms with Gasteiger partial charge in [-0.1, -0.05) is 62.4 Å². The molecule has 0 fully saturated rings. The highest BCUT2D eigenvalue weighted by Crippen LogP contribution is 2.38. The Bertz CT molecular complexity index is 722. The molecule has 5 nitrogen and oxygen atoms in total. The van der Waals surface area contributed by atoms with Crippen molar-refractivity contribution in [1.29, 1.82) is 0 Å². The third kappa shape index (κ3) is 5.22. The maximum Gasteiger partial charge on any atom is 0.289 e. The van der Waals surface area contributed by atoms with Crippen molar-refractivity contribution in [2.45, 2.75) is 26.2 Å². The molecule has 0 bridgehead atoms. The molecule has 0 aromatic heterocycles. The molecule has 2 atom stereocenters.